The molecule has 6 aromatic rings. The fraction of sp³-hybridized carbons (Fsp3) is 0.212. The van der Waals surface area contributed by atoms with Gasteiger partial charge in [-0.25, -0.2) is 9.50 Å². The molecular formula is C33H35N7O2Si. The lowest BCUT2D eigenvalue weighted by atomic mass is 10.0. The van der Waals surface area contributed by atoms with Crippen LogP contribution in [-0.2, 0) is 11.5 Å². The molecule has 0 aliphatic rings. The van der Waals surface area contributed by atoms with Crippen LogP contribution in [0.4, 0.5) is 11.6 Å². The first-order valence-electron chi connectivity index (χ1n) is 14.3. The second-order valence-electron chi connectivity index (χ2n) is 11.5. The maximum absolute atomic E-state index is 5.85. The normalized spacial score (nSPS) is 11.6. The van der Waals surface area contributed by atoms with Crippen molar-refractivity contribution < 1.29 is 9.47 Å². The number of hydrogen-bond donors (Lipinski definition) is 1. The van der Waals surface area contributed by atoms with Crippen molar-refractivity contribution in [3.05, 3.63) is 97.3 Å². The minimum atomic E-state index is -1.17. The highest BCUT2D eigenvalue weighted by atomic mass is 28.3. The number of fused-ring (bicyclic) bond motifs is 1. The van der Waals surface area contributed by atoms with Gasteiger partial charge in [0.25, 0.3) is 0 Å². The van der Waals surface area contributed by atoms with E-state index in [4.69, 9.17) is 19.6 Å². The number of anilines is 2. The molecule has 0 saturated carbocycles. The molecule has 3 heterocycles. The second kappa shape index (κ2) is 12.2. The molecule has 43 heavy (non-hydrogen) atoms. The summed E-state index contributed by atoms with van der Waals surface area (Å²) in [7, 11) is 0.492. The van der Waals surface area contributed by atoms with E-state index in [1.807, 2.05) is 71.4 Å². The number of aromatic nitrogens is 6. The Balaban J connectivity index is 1.43. The van der Waals surface area contributed by atoms with Gasteiger partial charge in [-0.1, -0.05) is 92.4 Å². The van der Waals surface area contributed by atoms with Gasteiger partial charge in [-0.05, 0) is 29.3 Å². The van der Waals surface area contributed by atoms with Crippen LogP contribution in [0.1, 0.15) is 0 Å². The Hall–Kier alpha value is -4.80. The van der Waals surface area contributed by atoms with Crippen molar-refractivity contribution in [1.82, 2.24) is 29.6 Å². The molecule has 6 rings (SSSR count). The standard InChI is InChI=1S/C33H35N7O2Si/c1-41-27-17-15-24(16-18-27)28-22-39-33(30(25-11-7-5-8-12-25)31(38-39)26-13-9-6-10-14-26)36-32(28)35-29-21-34-40(37-29)23-42-19-20-43(2,3)4/h5-18,21-22H,19-20,23H2,1-4H3,(H,35,36,37). The van der Waals surface area contributed by atoms with Crippen LogP contribution in [0.15, 0.2) is 97.3 Å². The minimum absolute atomic E-state index is 0.297. The van der Waals surface area contributed by atoms with E-state index in [1.165, 1.54) is 0 Å². The first-order chi connectivity index (χ1) is 20.9. The number of ether oxygens (including phenoxy) is 2. The zero-order valence-electron chi connectivity index (χ0n) is 24.9. The van der Waals surface area contributed by atoms with Crippen LogP contribution in [0.3, 0.4) is 0 Å². The molecule has 0 amide bonds. The van der Waals surface area contributed by atoms with Gasteiger partial charge >= 0.3 is 0 Å². The smallest absolute Gasteiger partial charge is 0.174 e. The van der Waals surface area contributed by atoms with Gasteiger partial charge in [0.1, 0.15) is 17.3 Å². The molecule has 0 bridgehead atoms. The Kier molecular flexibility index (Phi) is 8.04. The highest BCUT2D eigenvalue weighted by molar-refractivity contribution is 6.76. The maximum atomic E-state index is 5.85. The molecule has 0 spiro atoms. The van der Waals surface area contributed by atoms with Gasteiger partial charge in [0, 0.05) is 32.0 Å². The van der Waals surface area contributed by atoms with E-state index < -0.39 is 8.07 Å². The Labute approximate surface area is 252 Å². The molecule has 0 unspecified atom stereocenters. The Morgan fingerprint density at radius 3 is 2.19 bits per heavy atom. The van der Waals surface area contributed by atoms with Crippen LogP contribution in [0, 0.1) is 0 Å². The van der Waals surface area contributed by atoms with E-state index in [9.17, 15) is 0 Å². The van der Waals surface area contributed by atoms with Crippen LogP contribution in [0.2, 0.25) is 25.7 Å². The Morgan fingerprint density at radius 1 is 0.814 bits per heavy atom. The number of benzene rings is 3. The fourth-order valence-corrected chi connectivity index (χ4v) is 5.54. The Bertz CT molecular complexity index is 1810. The predicted octanol–water partition coefficient (Wildman–Crippen LogP) is 7.39. The number of nitrogens with one attached hydrogen (secondary N) is 1. The molecule has 0 aliphatic carbocycles. The number of rotatable bonds is 11. The van der Waals surface area contributed by atoms with Crippen LogP contribution in [0.25, 0.3) is 39.2 Å². The van der Waals surface area contributed by atoms with Gasteiger partial charge in [-0.3, -0.25) is 0 Å². The van der Waals surface area contributed by atoms with Crippen LogP contribution < -0.4 is 10.1 Å². The van der Waals surface area contributed by atoms with E-state index >= 15 is 0 Å². The van der Waals surface area contributed by atoms with E-state index in [2.05, 4.69) is 59.4 Å². The molecule has 218 valence electrons. The predicted molar refractivity (Wildman–Crippen MR) is 173 cm³/mol. The molecule has 3 aromatic carbocycles. The van der Waals surface area contributed by atoms with Crippen molar-refractivity contribution in [3.8, 4) is 39.3 Å². The van der Waals surface area contributed by atoms with Crippen molar-refractivity contribution in [2.75, 3.05) is 19.0 Å². The lowest BCUT2D eigenvalue weighted by Crippen LogP contribution is -2.22. The van der Waals surface area contributed by atoms with Crippen LogP contribution in [0.5, 0.6) is 5.75 Å². The van der Waals surface area contributed by atoms with Crippen LogP contribution >= 0.6 is 0 Å². The summed E-state index contributed by atoms with van der Waals surface area (Å²) in [6.45, 7) is 8.00. The first-order valence-corrected chi connectivity index (χ1v) is 18.0. The minimum Gasteiger partial charge on any atom is -0.497 e. The summed E-state index contributed by atoms with van der Waals surface area (Å²) >= 11 is 0. The Morgan fingerprint density at radius 2 is 1.51 bits per heavy atom. The maximum Gasteiger partial charge on any atom is 0.174 e. The number of methoxy groups -OCH3 is 1. The quantitative estimate of drug-likeness (QED) is 0.124. The molecule has 9 nitrogen and oxygen atoms in total. The van der Waals surface area contributed by atoms with Crippen LogP contribution in [-0.4, -0.2) is 51.4 Å². The van der Waals surface area contributed by atoms with E-state index in [-0.39, 0.29) is 0 Å². The molecule has 0 aliphatic heterocycles. The molecular weight excluding hydrogens is 554 g/mol. The summed E-state index contributed by atoms with van der Waals surface area (Å²) < 4.78 is 13.1. The van der Waals surface area contributed by atoms with Gasteiger partial charge < -0.3 is 14.8 Å². The molecule has 1 N–H and O–H groups in total. The van der Waals surface area contributed by atoms with Crippen molar-refractivity contribution in [1.29, 1.82) is 0 Å². The fourth-order valence-electron chi connectivity index (χ4n) is 4.78. The molecule has 0 radical (unpaired) electrons. The third-order valence-electron chi connectivity index (χ3n) is 7.11. The van der Waals surface area contributed by atoms with Gasteiger partial charge in [-0.2, -0.15) is 15.0 Å². The topological polar surface area (TPSA) is 91.4 Å². The molecule has 0 atom stereocenters. The number of nitrogens with zero attached hydrogens (tertiary/aromatic N) is 6. The van der Waals surface area contributed by atoms with Gasteiger partial charge in [0.2, 0.25) is 0 Å². The molecule has 0 saturated heterocycles. The summed E-state index contributed by atoms with van der Waals surface area (Å²) in [5.74, 6) is 1.99. The van der Waals surface area contributed by atoms with Gasteiger partial charge in [0.15, 0.2) is 18.2 Å². The average molecular weight is 590 g/mol. The molecule has 0 fully saturated rings. The average Bonchev–Trinajstić information content (AvgIpc) is 3.63. The van der Waals surface area contributed by atoms with Crippen molar-refractivity contribution >= 4 is 25.4 Å². The summed E-state index contributed by atoms with van der Waals surface area (Å²) in [5.41, 5.74) is 6.41. The van der Waals surface area contributed by atoms with Gasteiger partial charge in [-0.15, -0.1) is 5.10 Å². The van der Waals surface area contributed by atoms with Crippen molar-refractivity contribution in [2.24, 2.45) is 0 Å². The van der Waals surface area contributed by atoms with E-state index in [0.717, 1.165) is 51.0 Å². The lowest BCUT2D eigenvalue weighted by molar-refractivity contribution is 0.0687. The zero-order chi connectivity index (χ0) is 29.8. The van der Waals surface area contributed by atoms with Crippen molar-refractivity contribution in [3.63, 3.8) is 0 Å². The van der Waals surface area contributed by atoms with Gasteiger partial charge in [0.05, 0.1) is 18.9 Å². The third kappa shape index (κ3) is 6.50. The highest BCUT2D eigenvalue weighted by Crippen LogP contribution is 2.37. The largest absolute Gasteiger partial charge is 0.497 e. The lowest BCUT2D eigenvalue weighted by Gasteiger charge is -2.15. The highest BCUT2D eigenvalue weighted by Gasteiger charge is 2.21. The third-order valence-corrected chi connectivity index (χ3v) is 8.81. The summed E-state index contributed by atoms with van der Waals surface area (Å²) in [6.07, 6.45) is 3.70. The summed E-state index contributed by atoms with van der Waals surface area (Å²) in [5, 5.41) is 17.5. The summed E-state index contributed by atoms with van der Waals surface area (Å²) in [6, 6.07) is 29.4. The first kappa shape index (κ1) is 28.3. The number of hydrogen-bond acceptors (Lipinski definition) is 7. The van der Waals surface area contributed by atoms with Crippen molar-refractivity contribution in [2.45, 2.75) is 32.4 Å². The van der Waals surface area contributed by atoms with E-state index in [1.54, 1.807) is 18.1 Å². The summed E-state index contributed by atoms with van der Waals surface area (Å²) in [4.78, 5) is 6.73. The second-order valence-corrected chi connectivity index (χ2v) is 17.2. The zero-order valence-corrected chi connectivity index (χ0v) is 25.9. The molecule has 10 heteroatoms. The molecule has 3 aromatic heterocycles. The monoisotopic (exact) mass is 589 g/mol. The van der Waals surface area contributed by atoms with E-state index in [0.29, 0.717) is 25.0 Å². The SMILES string of the molecule is COc1ccc(-c2cn3nc(-c4ccccc4)c(-c4ccccc4)c3nc2Nc2cnn(COCC[Si](C)(C)C)n2)cc1.